The molecule has 0 spiro atoms. The van der Waals surface area contributed by atoms with Crippen LogP contribution in [0.1, 0.15) is 0 Å². The fraction of sp³-hybridized carbons (Fsp3) is 1.00. The molecule has 2 unspecified atom stereocenters. The van der Waals surface area contributed by atoms with Gasteiger partial charge < -0.3 is 0 Å². The Hall–Kier alpha value is 0.570. The molecule has 0 aromatic rings. The SMILES string of the molecule is C[NH+]([O-])[I-][NH+](C)[O-]. The van der Waals surface area contributed by atoms with Crippen LogP contribution in [-0.4, -0.2) is 14.1 Å². The summed E-state index contributed by atoms with van der Waals surface area (Å²) in [4.78, 5) is 0. The van der Waals surface area contributed by atoms with Crippen LogP contribution in [0.3, 0.4) is 0 Å². The molecule has 0 heterocycles. The molecule has 4 nitrogen and oxygen atoms in total. The Bertz CT molecular complexity index is 43.0. The van der Waals surface area contributed by atoms with Crippen molar-refractivity contribution in [2.75, 3.05) is 14.1 Å². The first-order chi connectivity index (χ1) is 3.13. The second-order valence-electron chi connectivity index (χ2n) is 1.04. The van der Waals surface area contributed by atoms with E-state index in [4.69, 9.17) is 0 Å². The van der Waals surface area contributed by atoms with Crippen LogP contribution < -0.4 is 28.3 Å². The van der Waals surface area contributed by atoms with Crippen molar-refractivity contribution in [2.24, 2.45) is 0 Å². The molecule has 5 heteroatoms. The first kappa shape index (κ1) is 7.57. The summed E-state index contributed by atoms with van der Waals surface area (Å²) in [5.41, 5.74) is 0. The average molecular weight is 219 g/mol. The van der Waals surface area contributed by atoms with E-state index in [2.05, 4.69) is 0 Å². The monoisotopic (exact) mass is 219 g/mol. The van der Waals surface area contributed by atoms with Gasteiger partial charge in [0.15, 0.2) is 0 Å². The van der Waals surface area contributed by atoms with E-state index < -0.39 is 21.8 Å². The standard InChI is InChI=1S/C2H8IN2O2/c1-4(6)3-5(2)7/h4-5H,1-2H3/q-1. The van der Waals surface area contributed by atoms with E-state index in [1.54, 1.807) is 0 Å². The third kappa shape index (κ3) is 6.57. The van der Waals surface area contributed by atoms with Crippen LogP contribution in [0.4, 0.5) is 0 Å². The zero-order chi connectivity index (χ0) is 5.86. The van der Waals surface area contributed by atoms with E-state index in [0.29, 0.717) is 0 Å². The molecule has 0 aromatic heterocycles. The van der Waals surface area contributed by atoms with Gasteiger partial charge in [-0.15, -0.1) is 0 Å². The molecule has 0 amide bonds. The van der Waals surface area contributed by atoms with Crippen LogP contribution in [0.2, 0.25) is 0 Å². The number of hydrogen-bond donors (Lipinski definition) is 2. The van der Waals surface area contributed by atoms with Gasteiger partial charge >= 0.3 is 52.8 Å². The minimum absolute atomic E-state index is 0.0475. The van der Waals surface area contributed by atoms with Gasteiger partial charge in [-0.3, -0.25) is 0 Å². The predicted molar refractivity (Wildman–Crippen MR) is 20.5 cm³/mol. The van der Waals surface area contributed by atoms with Gasteiger partial charge in [-0.05, 0) is 0 Å². The summed E-state index contributed by atoms with van der Waals surface area (Å²) < 4.78 is 0.0950. The predicted octanol–water partition coefficient (Wildman–Crippen LogP) is -6.07. The van der Waals surface area contributed by atoms with E-state index in [1.165, 1.54) is 14.1 Å². The molecule has 0 aliphatic rings. The van der Waals surface area contributed by atoms with Crippen molar-refractivity contribution < 1.29 is 28.3 Å². The zero-order valence-electron chi connectivity index (χ0n) is 4.19. The van der Waals surface area contributed by atoms with Crippen LogP contribution >= 0.6 is 0 Å². The summed E-state index contributed by atoms with van der Waals surface area (Å²) in [7, 11) is 2.91. The van der Waals surface area contributed by atoms with Crippen LogP contribution in [0.15, 0.2) is 0 Å². The Morgan fingerprint density at radius 2 is 1.43 bits per heavy atom. The summed E-state index contributed by atoms with van der Waals surface area (Å²) in [6.07, 6.45) is 0. The van der Waals surface area contributed by atoms with Crippen LogP contribution in [0.25, 0.3) is 0 Å². The number of hydroxylamine groups is 2. The molecule has 0 aromatic carbocycles. The third-order valence-electron chi connectivity index (χ3n) is 0.266. The fourth-order valence-corrected chi connectivity index (χ4v) is 1.26. The van der Waals surface area contributed by atoms with Crippen molar-refractivity contribution in [1.82, 2.24) is 0 Å². The summed E-state index contributed by atoms with van der Waals surface area (Å²) in [6.45, 7) is 0. The second-order valence-corrected chi connectivity index (χ2v) is 4.61. The average Bonchev–Trinajstić information content (AvgIpc) is 1.27. The normalized spacial score (nSPS) is 19.4. The van der Waals surface area contributed by atoms with Gasteiger partial charge in [0.25, 0.3) is 0 Å². The van der Waals surface area contributed by atoms with E-state index in [1.807, 2.05) is 0 Å². The van der Waals surface area contributed by atoms with E-state index in [-0.39, 0.29) is 6.55 Å². The molecule has 0 rings (SSSR count). The molecule has 0 saturated carbocycles. The number of rotatable bonds is 2. The van der Waals surface area contributed by atoms with Crippen molar-refractivity contribution >= 4 is 0 Å². The topological polar surface area (TPSA) is 55.0 Å². The summed E-state index contributed by atoms with van der Waals surface area (Å²) in [5.74, 6) is 0. The van der Waals surface area contributed by atoms with Crippen molar-refractivity contribution in [3.05, 3.63) is 10.4 Å². The Labute approximate surface area is 53.2 Å². The van der Waals surface area contributed by atoms with Crippen LogP contribution in [-0.2, 0) is 0 Å². The first-order valence-electron chi connectivity index (χ1n) is 1.79. The van der Waals surface area contributed by atoms with Gasteiger partial charge in [-0.1, -0.05) is 0 Å². The fourth-order valence-electron chi connectivity index (χ4n) is 0.187. The van der Waals surface area contributed by atoms with Crippen molar-refractivity contribution in [3.8, 4) is 0 Å². The van der Waals surface area contributed by atoms with E-state index in [0.717, 1.165) is 0 Å². The van der Waals surface area contributed by atoms with Gasteiger partial charge in [0, 0.05) is 0 Å². The quantitative estimate of drug-likeness (QED) is 0.276. The second kappa shape index (κ2) is 3.56. The number of halogens is 1. The summed E-state index contributed by atoms with van der Waals surface area (Å²) in [5, 5.41) is 20.2. The molecule has 2 N–H and O–H groups in total. The molecule has 0 fully saturated rings. The molecule has 0 aliphatic heterocycles. The van der Waals surface area contributed by atoms with Gasteiger partial charge in [-0.2, -0.15) is 0 Å². The van der Waals surface area contributed by atoms with Gasteiger partial charge in [0.2, 0.25) is 0 Å². The number of quaternary nitrogens is 2. The molecule has 46 valence electrons. The Balaban J connectivity index is 2.95. The molecule has 0 radical (unpaired) electrons. The Morgan fingerprint density at radius 3 is 1.43 bits per heavy atom. The Morgan fingerprint density at radius 1 is 1.14 bits per heavy atom. The molecular formula is C2H8IN2O2-. The molecule has 0 saturated heterocycles. The molecular weight excluding hydrogens is 211 g/mol. The maximum absolute atomic E-state index is 10.1. The van der Waals surface area contributed by atoms with E-state index >= 15 is 0 Å². The molecule has 2 atom stereocenters. The van der Waals surface area contributed by atoms with Crippen molar-refractivity contribution in [2.45, 2.75) is 0 Å². The summed E-state index contributed by atoms with van der Waals surface area (Å²) in [6, 6.07) is 0. The van der Waals surface area contributed by atoms with Crippen molar-refractivity contribution in [1.29, 1.82) is 0 Å². The third-order valence-corrected chi connectivity index (χ3v) is 1.79. The van der Waals surface area contributed by atoms with Crippen LogP contribution in [0.5, 0.6) is 0 Å². The zero-order valence-corrected chi connectivity index (χ0v) is 6.35. The van der Waals surface area contributed by atoms with Crippen molar-refractivity contribution in [3.63, 3.8) is 0 Å². The van der Waals surface area contributed by atoms with Crippen LogP contribution in [0, 0.1) is 10.4 Å². The number of nitrogens with one attached hydrogen (secondary N) is 2. The minimum atomic E-state index is -0.772. The Kier molecular flexibility index (Phi) is 3.85. The van der Waals surface area contributed by atoms with Gasteiger partial charge in [0.1, 0.15) is 0 Å². The summed E-state index contributed by atoms with van der Waals surface area (Å²) >= 11 is -0.772. The van der Waals surface area contributed by atoms with Gasteiger partial charge in [0.05, 0.1) is 0 Å². The number of hydrogen-bond acceptors (Lipinski definition) is 2. The first-order valence-corrected chi connectivity index (χ1v) is 3.94. The molecule has 7 heavy (non-hydrogen) atoms. The van der Waals surface area contributed by atoms with E-state index in [9.17, 15) is 10.4 Å². The molecule has 0 aliphatic carbocycles. The molecule has 0 bridgehead atoms. The maximum atomic E-state index is 10.1. The van der Waals surface area contributed by atoms with Gasteiger partial charge in [-0.25, -0.2) is 0 Å².